The predicted octanol–water partition coefficient (Wildman–Crippen LogP) is 5.25. The summed E-state index contributed by atoms with van der Waals surface area (Å²) in [6, 6.07) is 18.1. The van der Waals surface area contributed by atoms with Crippen LogP contribution in [0.15, 0.2) is 70.2 Å². The van der Waals surface area contributed by atoms with Gasteiger partial charge in [-0.3, -0.25) is 14.9 Å². The number of anilines is 1. The zero-order chi connectivity index (χ0) is 22.8. The predicted molar refractivity (Wildman–Crippen MR) is 128 cm³/mol. The number of furan rings is 1. The van der Waals surface area contributed by atoms with Gasteiger partial charge in [0, 0.05) is 41.9 Å². The number of nitrogens with one attached hydrogen (secondary N) is 1. The SMILES string of the molecule is O=C(NN=Cc1cc([N+](=O)[O-])ccc1N1CCCCC1)c1cc2c(ccc3ccccc32)o1. The molecule has 0 unspecified atom stereocenters. The van der Waals surface area contributed by atoms with Gasteiger partial charge in [-0.25, -0.2) is 5.43 Å². The number of amides is 1. The third-order valence-corrected chi connectivity index (χ3v) is 5.94. The molecule has 1 aromatic heterocycles. The van der Waals surface area contributed by atoms with Crippen molar-refractivity contribution in [2.45, 2.75) is 19.3 Å². The van der Waals surface area contributed by atoms with Gasteiger partial charge in [0.15, 0.2) is 5.76 Å². The van der Waals surface area contributed by atoms with E-state index in [1.807, 2.05) is 36.4 Å². The first kappa shape index (κ1) is 20.7. The van der Waals surface area contributed by atoms with Crippen molar-refractivity contribution in [3.63, 3.8) is 0 Å². The normalized spacial score (nSPS) is 14.2. The Morgan fingerprint density at radius 2 is 1.85 bits per heavy atom. The van der Waals surface area contributed by atoms with Crippen LogP contribution in [0.5, 0.6) is 0 Å². The van der Waals surface area contributed by atoms with Gasteiger partial charge >= 0.3 is 5.91 Å². The number of nitro benzene ring substituents is 1. The standard InChI is InChI=1S/C25H22N4O4/c30-25(24-15-21-20-7-3-2-6-17(20)8-11-23(21)33-24)27-26-16-18-14-19(29(31)32)9-10-22(18)28-12-4-1-5-13-28/h2-3,6-11,14-16H,1,4-5,12-13H2,(H,27,30). The third kappa shape index (κ3) is 4.15. The van der Waals surface area contributed by atoms with Crippen LogP contribution in [0.25, 0.3) is 21.7 Å². The van der Waals surface area contributed by atoms with Crippen LogP contribution in [-0.4, -0.2) is 30.1 Å². The summed E-state index contributed by atoms with van der Waals surface area (Å²) in [7, 11) is 0. The van der Waals surface area contributed by atoms with Gasteiger partial charge in [-0.2, -0.15) is 5.10 Å². The number of benzene rings is 3. The van der Waals surface area contributed by atoms with Gasteiger partial charge < -0.3 is 9.32 Å². The number of carbonyl (C=O) groups excluding carboxylic acids is 1. The number of piperidine rings is 1. The highest BCUT2D eigenvalue weighted by Crippen LogP contribution is 2.29. The maximum atomic E-state index is 12.7. The van der Waals surface area contributed by atoms with E-state index in [-0.39, 0.29) is 11.4 Å². The van der Waals surface area contributed by atoms with E-state index < -0.39 is 10.8 Å². The van der Waals surface area contributed by atoms with Crippen LogP contribution in [0.1, 0.15) is 35.4 Å². The number of carbonyl (C=O) groups is 1. The molecule has 1 amide bonds. The average molecular weight is 442 g/mol. The Labute approximate surface area is 189 Å². The highest BCUT2D eigenvalue weighted by atomic mass is 16.6. The van der Waals surface area contributed by atoms with Gasteiger partial charge in [-0.1, -0.05) is 30.3 Å². The van der Waals surface area contributed by atoms with Crippen molar-refractivity contribution in [2.75, 3.05) is 18.0 Å². The molecule has 1 aliphatic rings. The largest absolute Gasteiger partial charge is 0.451 e. The fourth-order valence-electron chi connectivity index (χ4n) is 4.30. The van der Waals surface area contributed by atoms with Gasteiger partial charge in [-0.15, -0.1) is 0 Å². The molecule has 0 spiro atoms. The molecule has 1 saturated heterocycles. The Kier molecular flexibility index (Phi) is 5.48. The number of nitro groups is 1. The summed E-state index contributed by atoms with van der Waals surface area (Å²) in [4.78, 5) is 25.7. The molecular weight excluding hydrogens is 420 g/mol. The van der Waals surface area contributed by atoms with E-state index in [0.29, 0.717) is 11.1 Å². The molecule has 33 heavy (non-hydrogen) atoms. The van der Waals surface area contributed by atoms with Crippen molar-refractivity contribution >= 4 is 45.2 Å². The Bertz CT molecular complexity index is 1390. The van der Waals surface area contributed by atoms with Crippen LogP contribution in [0.4, 0.5) is 11.4 Å². The minimum Gasteiger partial charge on any atom is -0.451 e. The van der Waals surface area contributed by atoms with Crippen LogP contribution >= 0.6 is 0 Å². The number of nitrogens with zero attached hydrogens (tertiary/aromatic N) is 3. The van der Waals surface area contributed by atoms with Crippen molar-refractivity contribution < 1.29 is 14.1 Å². The first-order valence-electron chi connectivity index (χ1n) is 10.9. The molecule has 0 saturated carbocycles. The van der Waals surface area contributed by atoms with E-state index >= 15 is 0 Å². The van der Waals surface area contributed by atoms with Gasteiger partial charge in [0.1, 0.15) is 5.58 Å². The van der Waals surface area contributed by atoms with Crippen LogP contribution in [0.2, 0.25) is 0 Å². The van der Waals surface area contributed by atoms with Crippen molar-refractivity contribution in [1.82, 2.24) is 5.43 Å². The molecule has 0 aliphatic carbocycles. The first-order chi connectivity index (χ1) is 16.1. The molecule has 1 aliphatic heterocycles. The molecule has 2 heterocycles. The lowest BCUT2D eigenvalue weighted by molar-refractivity contribution is -0.384. The lowest BCUT2D eigenvalue weighted by Gasteiger charge is -2.29. The number of hydrogen-bond donors (Lipinski definition) is 1. The third-order valence-electron chi connectivity index (χ3n) is 5.94. The van der Waals surface area contributed by atoms with Gasteiger partial charge in [0.05, 0.1) is 11.1 Å². The Morgan fingerprint density at radius 3 is 2.67 bits per heavy atom. The topological polar surface area (TPSA) is 101 Å². The maximum absolute atomic E-state index is 12.7. The number of rotatable bonds is 5. The van der Waals surface area contributed by atoms with Crippen LogP contribution in [0, 0.1) is 10.1 Å². The fourth-order valence-corrected chi connectivity index (χ4v) is 4.30. The van der Waals surface area contributed by atoms with Crippen molar-refractivity contribution in [1.29, 1.82) is 0 Å². The van der Waals surface area contributed by atoms with Crippen molar-refractivity contribution in [3.8, 4) is 0 Å². The minimum absolute atomic E-state index is 0.0206. The molecule has 3 aromatic carbocycles. The van der Waals surface area contributed by atoms with Gasteiger partial charge in [0.2, 0.25) is 0 Å². The summed E-state index contributed by atoms with van der Waals surface area (Å²) in [5, 5.41) is 18.2. The summed E-state index contributed by atoms with van der Waals surface area (Å²) in [6.07, 6.45) is 4.78. The summed E-state index contributed by atoms with van der Waals surface area (Å²) in [5.41, 5.74) is 4.54. The number of non-ortho nitro benzene ring substituents is 1. The highest BCUT2D eigenvalue weighted by molar-refractivity contribution is 6.08. The van der Waals surface area contributed by atoms with Gasteiger partial charge in [-0.05, 0) is 48.2 Å². The summed E-state index contributed by atoms with van der Waals surface area (Å²) >= 11 is 0. The Hall–Kier alpha value is -4.20. The highest BCUT2D eigenvalue weighted by Gasteiger charge is 2.18. The zero-order valence-corrected chi connectivity index (χ0v) is 17.9. The first-order valence-corrected chi connectivity index (χ1v) is 10.9. The lowest BCUT2D eigenvalue weighted by atomic mass is 10.1. The van der Waals surface area contributed by atoms with E-state index in [4.69, 9.17) is 4.42 Å². The minimum atomic E-state index is -0.489. The molecule has 1 N–H and O–H groups in total. The van der Waals surface area contributed by atoms with Crippen LogP contribution in [0.3, 0.4) is 0 Å². The smallest absolute Gasteiger partial charge is 0.307 e. The number of hydrogen-bond acceptors (Lipinski definition) is 6. The van der Waals surface area contributed by atoms with Gasteiger partial charge in [0.25, 0.3) is 5.69 Å². The molecule has 166 valence electrons. The molecular formula is C25H22N4O4. The summed E-state index contributed by atoms with van der Waals surface area (Å²) < 4.78 is 5.73. The second-order valence-corrected chi connectivity index (χ2v) is 8.06. The van der Waals surface area contributed by atoms with E-state index in [2.05, 4.69) is 15.4 Å². The van der Waals surface area contributed by atoms with Crippen LogP contribution in [-0.2, 0) is 0 Å². The second kappa shape index (κ2) is 8.74. The molecule has 8 nitrogen and oxygen atoms in total. The number of fused-ring (bicyclic) bond motifs is 3. The maximum Gasteiger partial charge on any atom is 0.307 e. The molecule has 1 fully saturated rings. The molecule has 0 bridgehead atoms. The molecule has 4 aromatic rings. The molecule has 0 atom stereocenters. The van der Waals surface area contributed by atoms with E-state index in [0.717, 1.165) is 47.8 Å². The average Bonchev–Trinajstić information content (AvgIpc) is 3.30. The second-order valence-electron chi connectivity index (χ2n) is 8.06. The molecule has 0 radical (unpaired) electrons. The summed E-state index contributed by atoms with van der Waals surface area (Å²) in [5.74, 6) is -0.342. The lowest BCUT2D eigenvalue weighted by Crippen LogP contribution is -2.30. The molecule has 8 heteroatoms. The Morgan fingerprint density at radius 1 is 1.03 bits per heavy atom. The Balaban J connectivity index is 1.39. The molecule has 5 rings (SSSR count). The van der Waals surface area contributed by atoms with Crippen LogP contribution < -0.4 is 10.3 Å². The van der Waals surface area contributed by atoms with Crippen molar-refractivity contribution in [2.24, 2.45) is 5.10 Å². The monoisotopic (exact) mass is 442 g/mol. The fraction of sp³-hybridized carbons (Fsp3) is 0.200. The van der Waals surface area contributed by atoms with E-state index in [1.54, 1.807) is 12.1 Å². The number of hydrazone groups is 1. The van der Waals surface area contributed by atoms with E-state index in [1.165, 1.54) is 24.8 Å². The summed E-state index contributed by atoms with van der Waals surface area (Å²) in [6.45, 7) is 1.77. The van der Waals surface area contributed by atoms with Crippen molar-refractivity contribution in [3.05, 3.63) is 82.1 Å². The zero-order valence-electron chi connectivity index (χ0n) is 17.9. The quantitative estimate of drug-likeness (QED) is 0.258. The van der Waals surface area contributed by atoms with E-state index in [9.17, 15) is 14.9 Å².